The van der Waals surface area contributed by atoms with Crippen molar-refractivity contribution in [1.82, 2.24) is 9.55 Å². The molecule has 27 heavy (non-hydrogen) atoms. The smallest absolute Gasteiger partial charge is 0.268 e. The minimum absolute atomic E-state index is 0.0641. The van der Waals surface area contributed by atoms with E-state index in [0.717, 1.165) is 35.3 Å². The molecule has 1 atom stereocenters. The Hall–Kier alpha value is -1.93. The van der Waals surface area contributed by atoms with Gasteiger partial charge in [0.2, 0.25) is 5.95 Å². The predicted molar refractivity (Wildman–Crippen MR) is 110 cm³/mol. The number of aromatic nitrogens is 2. The fourth-order valence-electron chi connectivity index (χ4n) is 3.51. The first-order chi connectivity index (χ1) is 13.1. The van der Waals surface area contributed by atoms with E-state index in [1.54, 1.807) is 28.0 Å². The molecule has 1 aliphatic rings. The summed E-state index contributed by atoms with van der Waals surface area (Å²) in [6.45, 7) is 2.57. The number of likely N-dealkylation sites (N-methyl/N-ethyl adjacent to an activating group) is 1. The van der Waals surface area contributed by atoms with E-state index in [0.29, 0.717) is 29.6 Å². The Kier molecular flexibility index (Phi) is 5.19. The molecule has 0 radical (unpaired) electrons. The number of nitrogens with zero attached hydrogens (tertiary/aromatic N) is 2. The Labute approximate surface area is 166 Å². The Balaban J connectivity index is 1.93. The minimum Gasteiger partial charge on any atom is -0.396 e. The molecule has 8 heteroatoms. The van der Waals surface area contributed by atoms with Crippen molar-refractivity contribution in [1.29, 1.82) is 0 Å². The van der Waals surface area contributed by atoms with E-state index in [9.17, 15) is 4.79 Å². The van der Waals surface area contributed by atoms with E-state index in [1.807, 2.05) is 12.1 Å². The molecule has 4 rings (SSSR count). The van der Waals surface area contributed by atoms with Crippen LogP contribution >= 0.6 is 22.9 Å². The maximum absolute atomic E-state index is 13.5. The van der Waals surface area contributed by atoms with Crippen molar-refractivity contribution >= 4 is 39.1 Å². The summed E-state index contributed by atoms with van der Waals surface area (Å²) in [6.07, 6.45) is 1.48. The van der Waals surface area contributed by atoms with Crippen molar-refractivity contribution in [3.8, 4) is 5.69 Å². The zero-order valence-electron chi connectivity index (χ0n) is 15.1. The second kappa shape index (κ2) is 7.59. The average Bonchev–Trinajstić information content (AvgIpc) is 2.99. The molecule has 1 aliphatic heterocycles. The Morgan fingerprint density at radius 1 is 1.44 bits per heavy atom. The number of hydrogen-bond acceptors (Lipinski definition) is 5. The molecule has 6 nitrogen and oxygen atoms in total. The number of halogens is 1. The number of hydrogen-bond donors (Lipinski definition) is 3. The molecule has 0 amide bonds. The van der Waals surface area contributed by atoms with Crippen LogP contribution in [0.3, 0.4) is 0 Å². The Morgan fingerprint density at radius 2 is 2.30 bits per heavy atom. The third kappa shape index (κ3) is 3.48. The highest BCUT2D eigenvalue weighted by molar-refractivity contribution is 7.18. The average molecular weight is 406 g/mol. The van der Waals surface area contributed by atoms with Gasteiger partial charge in [-0.05, 0) is 30.2 Å². The Morgan fingerprint density at radius 3 is 3.07 bits per heavy atom. The van der Waals surface area contributed by atoms with Crippen molar-refractivity contribution in [3.05, 3.63) is 50.1 Å². The highest BCUT2D eigenvalue weighted by atomic mass is 35.5. The lowest BCUT2D eigenvalue weighted by Gasteiger charge is -2.19. The lowest BCUT2D eigenvalue weighted by atomic mass is 10.1. The lowest BCUT2D eigenvalue weighted by Crippen LogP contribution is -3.08. The summed E-state index contributed by atoms with van der Waals surface area (Å²) < 4.78 is 1.60. The topological polar surface area (TPSA) is 71.6 Å². The van der Waals surface area contributed by atoms with Gasteiger partial charge in [-0.15, -0.1) is 11.3 Å². The van der Waals surface area contributed by atoms with Crippen LogP contribution in [0, 0.1) is 0 Å². The summed E-state index contributed by atoms with van der Waals surface area (Å²) in [5, 5.41) is 13.6. The maximum Gasteiger partial charge on any atom is 0.268 e. The van der Waals surface area contributed by atoms with Crippen LogP contribution in [-0.4, -0.2) is 41.4 Å². The summed E-state index contributed by atoms with van der Waals surface area (Å²) in [5.41, 5.74) is 1.77. The first-order valence-corrected chi connectivity index (χ1v) is 10.3. The molecule has 0 aliphatic carbocycles. The summed E-state index contributed by atoms with van der Waals surface area (Å²) >= 11 is 7.78. The largest absolute Gasteiger partial charge is 0.396 e. The fraction of sp³-hybridized carbons (Fsp3) is 0.368. The van der Waals surface area contributed by atoms with Crippen LogP contribution in [0.25, 0.3) is 15.9 Å². The number of thiophene rings is 1. The number of aliphatic hydroxyl groups is 1. The summed E-state index contributed by atoms with van der Waals surface area (Å²) in [4.78, 5) is 21.8. The zero-order chi connectivity index (χ0) is 19.0. The maximum atomic E-state index is 13.5. The van der Waals surface area contributed by atoms with Crippen LogP contribution in [0.15, 0.2) is 29.1 Å². The third-order valence-corrected chi connectivity index (χ3v) is 6.22. The number of benzene rings is 1. The van der Waals surface area contributed by atoms with Gasteiger partial charge in [0.25, 0.3) is 5.56 Å². The van der Waals surface area contributed by atoms with E-state index in [4.69, 9.17) is 21.7 Å². The lowest BCUT2D eigenvalue weighted by molar-refractivity contribution is -0.895. The van der Waals surface area contributed by atoms with Gasteiger partial charge < -0.3 is 15.3 Å². The van der Waals surface area contributed by atoms with Crippen molar-refractivity contribution in [2.45, 2.75) is 19.4 Å². The molecule has 1 aromatic carbocycles. The van der Waals surface area contributed by atoms with E-state index in [2.05, 4.69) is 12.4 Å². The van der Waals surface area contributed by atoms with E-state index in [-0.39, 0.29) is 12.2 Å². The molecular weight excluding hydrogens is 384 g/mol. The van der Waals surface area contributed by atoms with Crippen molar-refractivity contribution in [2.75, 3.05) is 32.1 Å². The van der Waals surface area contributed by atoms with Crippen molar-refractivity contribution < 1.29 is 10.0 Å². The van der Waals surface area contributed by atoms with E-state index < -0.39 is 0 Å². The molecule has 0 saturated carbocycles. The first kappa shape index (κ1) is 18.4. The molecule has 0 fully saturated rings. The van der Waals surface area contributed by atoms with E-state index in [1.165, 1.54) is 9.78 Å². The quantitative estimate of drug-likeness (QED) is 0.562. The van der Waals surface area contributed by atoms with Crippen LogP contribution in [0.5, 0.6) is 0 Å². The first-order valence-electron chi connectivity index (χ1n) is 9.07. The van der Waals surface area contributed by atoms with Crippen LogP contribution in [0.1, 0.15) is 16.9 Å². The van der Waals surface area contributed by atoms with Gasteiger partial charge in [0.05, 0.1) is 29.5 Å². The van der Waals surface area contributed by atoms with Crippen LogP contribution in [0.2, 0.25) is 5.02 Å². The summed E-state index contributed by atoms with van der Waals surface area (Å²) in [6, 6.07) is 7.23. The van der Waals surface area contributed by atoms with Crippen LogP contribution in [0.4, 0.5) is 5.95 Å². The number of quaternary nitrogens is 1. The summed E-state index contributed by atoms with van der Waals surface area (Å²) in [7, 11) is 2.17. The van der Waals surface area contributed by atoms with Gasteiger partial charge in [0, 0.05) is 24.6 Å². The van der Waals surface area contributed by atoms with Gasteiger partial charge in [-0.25, -0.2) is 9.55 Å². The monoisotopic (exact) mass is 405 g/mol. The van der Waals surface area contributed by atoms with Gasteiger partial charge in [0.15, 0.2) is 0 Å². The molecule has 3 N–H and O–H groups in total. The highest BCUT2D eigenvalue weighted by Gasteiger charge is 2.26. The molecule has 0 spiro atoms. The molecular formula is C19H22ClN4O2S+. The molecule has 0 bridgehead atoms. The van der Waals surface area contributed by atoms with Gasteiger partial charge in [0.1, 0.15) is 11.4 Å². The predicted octanol–water partition coefficient (Wildman–Crippen LogP) is 1.47. The number of aliphatic hydroxyl groups excluding tert-OH is 1. The number of rotatable bonds is 5. The fourth-order valence-corrected chi connectivity index (χ4v) is 5.02. The van der Waals surface area contributed by atoms with Crippen LogP contribution < -0.4 is 15.8 Å². The molecule has 3 heterocycles. The number of anilines is 1. The van der Waals surface area contributed by atoms with Gasteiger partial charge in [-0.3, -0.25) is 4.79 Å². The normalized spacial score (nSPS) is 16.5. The Bertz CT molecular complexity index is 1050. The zero-order valence-corrected chi connectivity index (χ0v) is 16.7. The second-order valence-electron chi connectivity index (χ2n) is 6.88. The molecule has 0 saturated heterocycles. The number of fused-ring (bicyclic) bond motifs is 3. The van der Waals surface area contributed by atoms with E-state index >= 15 is 0 Å². The second-order valence-corrected chi connectivity index (χ2v) is 8.40. The highest BCUT2D eigenvalue weighted by Crippen LogP contribution is 2.31. The molecule has 1 unspecified atom stereocenters. The molecule has 3 aromatic rings. The van der Waals surface area contributed by atoms with Crippen LogP contribution in [-0.2, 0) is 13.0 Å². The third-order valence-electron chi connectivity index (χ3n) is 4.86. The summed E-state index contributed by atoms with van der Waals surface area (Å²) in [5.74, 6) is 0.488. The molecule has 142 valence electrons. The van der Waals surface area contributed by atoms with Crippen molar-refractivity contribution in [2.24, 2.45) is 0 Å². The minimum atomic E-state index is -0.0641. The molecule has 2 aromatic heterocycles. The number of nitrogens with one attached hydrogen (secondary N) is 2. The standard InChI is InChI=1S/C19H21ClN4O2S/c1-23-8-6-14-15(11-23)27-17-16(14)18(26)24(13-5-2-4-12(20)10-13)19(22-17)21-7-3-9-25/h2,4-5,10,25H,3,6-9,11H2,1H3,(H,21,22)/p+1. The van der Waals surface area contributed by atoms with Gasteiger partial charge >= 0.3 is 0 Å². The van der Waals surface area contributed by atoms with Gasteiger partial charge in [-0.2, -0.15) is 0 Å². The van der Waals surface area contributed by atoms with Crippen molar-refractivity contribution in [3.63, 3.8) is 0 Å². The SMILES string of the molecule is C[NH+]1CCc2c(sc3nc(NCCCO)n(-c4cccc(Cl)c4)c(=O)c23)C1. The van der Waals surface area contributed by atoms with Gasteiger partial charge in [-0.1, -0.05) is 17.7 Å².